The van der Waals surface area contributed by atoms with Gasteiger partial charge in [0.1, 0.15) is 11.3 Å². The van der Waals surface area contributed by atoms with Crippen LogP contribution in [0.2, 0.25) is 0 Å². The number of hydrogen-bond acceptors (Lipinski definition) is 5. The van der Waals surface area contributed by atoms with Crippen molar-refractivity contribution in [1.29, 1.82) is 0 Å². The van der Waals surface area contributed by atoms with E-state index in [4.69, 9.17) is 9.15 Å². The van der Waals surface area contributed by atoms with Crippen molar-refractivity contribution in [1.82, 2.24) is 10.2 Å². The number of ether oxygens (including phenoxy) is 1. The van der Waals surface area contributed by atoms with Crippen LogP contribution in [0, 0.1) is 5.92 Å². The molecule has 2 heterocycles. The molecule has 0 aromatic carbocycles. The van der Waals surface area contributed by atoms with E-state index in [2.05, 4.69) is 17.1 Å². The minimum Gasteiger partial charge on any atom is -0.467 e. The largest absolute Gasteiger partial charge is 0.467 e. The van der Waals surface area contributed by atoms with Crippen LogP contribution in [0.5, 0.6) is 0 Å². The fourth-order valence-corrected chi connectivity index (χ4v) is 2.66. The molecule has 0 spiro atoms. The number of rotatable bonds is 6. The van der Waals surface area contributed by atoms with Gasteiger partial charge >= 0.3 is 5.97 Å². The second kappa shape index (κ2) is 7.45. The molecule has 1 aromatic heterocycles. The lowest BCUT2D eigenvalue weighted by Gasteiger charge is -2.31. The highest BCUT2D eigenvalue weighted by molar-refractivity contribution is 5.90. The van der Waals surface area contributed by atoms with E-state index in [-0.39, 0.29) is 5.97 Å². The van der Waals surface area contributed by atoms with Crippen molar-refractivity contribution in [3.05, 3.63) is 23.7 Å². The summed E-state index contributed by atoms with van der Waals surface area (Å²) in [6.07, 6.45) is 3.95. The fraction of sp³-hybridized carbons (Fsp3) is 0.667. The number of esters is 1. The SMILES string of the molecule is CCNCC1CCN(Cc2occc2C(=O)OC)CC1. The van der Waals surface area contributed by atoms with Crippen molar-refractivity contribution >= 4 is 5.97 Å². The van der Waals surface area contributed by atoms with Gasteiger partial charge in [0.05, 0.1) is 19.9 Å². The quantitative estimate of drug-likeness (QED) is 0.806. The van der Waals surface area contributed by atoms with Gasteiger partial charge in [-0.15, -0.1) is 0 Å². The average Bonchev–Trinajstić information content (AvgIpc) is 2.94. The molecule has 0 saturated carbocycles. The van der Waals surface area contributed by atoms with Gasteiger partial charge in [-0.2, -0.15) is 0 Å². The Morgan fingerprint density at radius 1 is 1.50 bits per heavy atom. The van der Waals surface area contributed by atoms with Crippen LogP contribution in [-0.4, -0.2) is 44.2 Å². The van der Waals surface area contributed by atoms with Gasteiger partial charge in [-0.05, 0) is 51.0 Å². The van der Waals surface area contributed by atoms with Crippen LogP contribution in [0.1, 0.15) is 35.9 Å². The Kier molecular flexibility index (Phi) is 5.61. The summed E-state index contributed by atoms with van der Waals surface area (Å²) >= 11 is 0. The van der Waals surface area contributed by atoms with Crippen molar-refractivity contribution in [3.8, 4) is 0 Å². The second-order valence-electron chi connectivity index (χ2n) is 5.28. The van der Waals surface area contributed by atoms with Crippen LogP contribution in [0.4, 0.5) is 0 Å². The van der Waals surface area contributed by atoms with Gasteiger partial charge in [-0.3, -0.25) is 4.90 Å². The molecule has 20 heavy (non-hydrogen) atoms. The lowest BCUT2D eigenvalue weighted by molar-refractivity contribution is 0.0595. The zero-order valence-corrected chi connectivity index (χ0v) is 12.4. The number of carbonyl (C=O) groups excluding carboxylic acids is 1. The molecule has 1 aliphatic heterocycles. The number of hydrogen-bond donors (Lipinski definition) is 1. The summed E-state index contributed by atoms with van der Waals surface area (Å²) in [5, 5.41) is 3.41. The average molecular weight is 280 g/mol. The third-order valence-electron chi connectivity index (χ3n) is 3.91. The molecule has 2 rings (SSSR count). The van der Waals surface area contributed by atoms with Crippen LogP contribution in [-0.2, 0) is 11.3 Å². The van der Waals surface area contributed by atoms with E-state index < -0.39 is 0 Å². The number of carbonyl (C=O) groups is 1. The zero-order valence-electron chi connectivity index (χ0n) is 12.4. The molecule has 5 heteroatoms. The summed E-state index contributed by atoms with van der Waals surface area (Å²) in [7, 11) is 1.39. The van der Waals surface area contributed by atoms with Crippen LogP contribution in [0.25, 0.3) is 0 Å². The van der Waals surface area contributed by atoms with Gasteiger partial charge < -0.3 is 14.5 Å². The van der Waals surface area contributed by atoms with E-state index in [0.717, 1.165) is 32.1 Å². The Bertz CT molecular complexity index is 423. The van der Waals surface area contributed by atoms with Crippen LogP contribution in [0.3, 0.4) is 0 Å². The van der Waals surface area contributed by atoms with Crippen molar-refractivity contribution in [2.24, 2.45) is 5.92 Å². The van der Waals surface area contributed by atoms with E-state index >= 15 is 0 Å². The Balaban J connectivity index is 1.84. The molecule has 1 N–H and O–H groups in total. The van der Waals surface area contributed by atoms with E-state index in [1.165, 1.54) is 20.0 Å². The monoisotopic (exact) mass is 280 g/mol. The predicted molar refractivity (Wildman–Crippen MR) is 76.6 cm³/mol. The standard InChI is InChI=1S/C15H24N2O3/c1-3-16-10-12-4-7-17(8-5-12)11-14-13(6-9-20-14)15(18)19-2/h6,9,12,16H,3-5,7-8,10-11H2,1-2H3. The van der Waals surface area contributed by atoms with Gasteiger partial charge in [0.2, 0.25) is 0 Å². The first kappa shape index (κ1) is 15.1. The number of likely N-dealkylation sites (tertiary alicyclic amines) is 1. The Morgan fingerprint density at radius 2 is 2.25 bits per heavy atom. The van der Waals surface area contributed by atoms with Crippen molar-refractivity contribution in [2.45, 2.75) is 26.3 Å². The highest BCUT2D eigenvalue weighted by Crippen LogP contribution is 2.20. The first-order valence-electron chi connectivity index (χ1n) is 7.32. The summed E-state index contributed by atoms with van der Waals surface area (Å²) in [4.78, 5) is 13.9. The van der Waals surface area contributed by atoms with Crippen LogP contribution in [0.15, 0.2) is 16.7 Å². The minimum atomic E-state index is -0.323. The number of furan rings is 1. The first-order valence-corrected chi connectivity index (χ1v) is 7.32. The summed E-state index contributed by atoms with van der Waals surface area (Å²) in [6.45, 7) is 7.08. The summed E-state index contributed by atoms with van der Waals surface area (Å²) in [6, 6.07) is 1.68. The summed E-state index contributed by atoms with van der Waals surface area (Å²) < 4.78 is 10.2. The Morgan fingerprint density at radius 3 is 2.90 bits per heavy atom. The van der Waals surface area contributed by atoms with Gasteiger partial charge in [0, 0.05) is 0 Å². The van der Waals surface area contributed by atoms with Gasteiger partial charge in [0.25, 0.3) is 0 Å². The van der Waals surface area contributed by atoms with E-state index in [1.54, 1.807) is 12.3 Å². The predicted octanol–water partition coefficient (Wildman–Crippen LogP) is 1.89. The number of nitrogens with zero attached hydrogens (tertiary/aromatic N) is 1. The van der Waals surface area contributed by atoms with Crippen molar-refractivity contribution in [2.75, 3.05) is 33.3 Å². The molecular weight excluding hydrogens is 256 g/mol. The number of nitrogens with one attached hydrogen (secondary N) is 1. The van der Waals surface area contributed by atoms with Gasteiger partial charge in [-0.1, -0.05) is 6.92 Å². The van der Waals surface area contributed by atoms with Gasteiger partial charge in [-0.25, -0.2) is 4.79 Å². The maximum atomic E-state index is 11.6. The molecule has 1 fully saturated rings. The zero-order chi connectivity index (χ0) is 14.4. The first-order chi connectivity index (χ1) is 9.74. The summed E-state index contributed by atoms with van der Waals surface area (Å²) in [5.74, 6) is 1.15. The number of methoxy groups -OCH3 is 1. The normalized spacial score (nSPS) is 17.3. The lowest BCUT2D eigenvalue weighted by atomic mass is 9.96. The molecule has 112 valence electrons. The highest BCUT2D eigenvalue weighted by atomic mass is 16.5. The third-order valence-corrected chi connectivity index (χ3v) is 3.91. The van der Waals surface area contributed by atoms with Gasteiger partial charge in [0.15, 0.2) is 0 Å². The molecule has 0 unspecified atom stereocenters. The fourth-order valence-electron chi connectivity index (χ4n) is 2.66. The Labute approximate surface area is 120 Å². The molecule has 1 aromatic rings. The second-order valence-corrected chi connectivity index (χ2v) is 5.28. The lowest BCUT2D eigenvalue weighted by Crippen LogP contribution is -2.37. The third kappa shape index (κ3) is 3.84. The smallest absolute Gasteiger partial charge is 0.341 e. The molecule has 0 radical (unpaired) electrons. The molecule has 1 saturated heterocycles. The van der Waals surface area contributed by atoms with Crippen molar-refractivity contribution < 1.29 is 13.9 Å². The van der Waals surface area contributed by atoms with E-state index in [0.29, 0.717) is 17.9 Å². The maximum Gasteiger partial charge on any atom is 0.341 e. The minimum absolute atomic E-state index is 0.323. The van der Waals surface area contributed by atoms with Crippen LogP contribution >= 0.6 is 0 Å². The number of piperidine rings is 1. The van der Waals surface area contributed by atoms with Crippen LogP contribution < -0.4 is 5.32 Å². The molecule has 0 aliphatic carbocycles. The molecule has 0 atom stereocenters. The van der Waals surface area contributed by atoms with Crippen molar-refractivity contribution in [3.63, 3.8) is 0 Å². The topological polar surface area (TPSA) is 54.7 Å². The maximum absolute atomic E-state index is 11.6. The highest BCUT2D eigenvalue weighted by Gasteiger charge is 2.22. The molecular formula is C15H24N2O3. The van der Waals surface area contributed by atoms with E-state index in [9.17, 15) is 4.79 Å². The molecule has 5 nitrogen and oxygen atoms in total. The summed E-state index contributed by atoms with van der Waals surface area (Å²) in [5.41, 5.74) is 0.544. The Hall–Kier alpha value is -1.33. The molecule has 0 amide bonds. The van der Waals surface area contributed by atoms with E-state index in [1.807, 2.05) is 0 Å². The molecule has 1 aliphatic rings. The molecule has 0 bridgehead atoms.